The SMILES string of the molecule is COc1ccc(OC)c(NCC(=O)NCCc2ccc(S(N)(=O)=O)cc2)c1. The van der Waals surface area contributed by atoms with Crippen molar-refractivity contribution in [1.82, 2.24) is 5.32 Å². The summed E-state index contributed by atoms with van der Waals surface area (Å²) >= 11 is 0. The number of rotatable bonds is 9. The van der Waals surface area contributed by atoms with Crippen LogP contribution in [0.15, 0.2) is 47.4 Å². The second-order valence-corrected chi connectivity index (χ2v) is 7.27. The molecule has 27 heavy (non-hydrogen) atoms. The van der Waals surface area contributed by atoms with E-state index in [2.05, 4.69) is 10.6 Å². The number of carbonyl (C=O) groups excluding carboxylic acids is 1. The fraction of sp³-hybridized carbons (Fsp3) is 0.278. The van der Waals surface area contributed by atoms with E-state index in [4.69, 9.17) is 14.6 Å². The summed E-state index contributed by atoms with van der Waals surface area (Å²) in [5.41, 5.74) is 1.55. The number of hydrogen-bond acceptors (Lipinski definition) is 6. The highest BCUT2D eigenvalue weighted by Crippen LogP contribution is 2.28. The monoisotopic (exact) mass is 393 g/mol. The molecule has 0 heterocycles. The van der Waals surface area contributed by atoms with E-state index in [1.165, 1.54) is 12.1 Å². The highest BCUT2D eigenvalue weighted by molar-refractivity contribution is 7.89. The molecule has 9 heteroatoms. The molecular formula is C18H23N3O5S. The Kier molecular flexibility index (Phi) is 7.03. The van der Waals surface area contributed by atoms with Gasteiger partial charge in [-0.3, -0.25) is 4.79 Å². The van der Waals surface area contributed by atoms with Crippen LogP contribution in [0.5, 0.6) is 11.5 Å². The van der Waals surface area contributed by atoms with Crippen molar-refractivity contribution in [2.45, 2.75) is 11.3 Å². The smallest absolute Gasteiger partial charge is 0.239 e. The number of anilines is 1. The number of hydrogen-bond donors (Lipinski definition) is 3. The lowest BCUT2D eigenvalue weighted by Gasteiger charge is -2.12. The van der Waals surface area contributed by atoms with Gasteiger partial charge in [0.15, 0.2) is 0 Å². The van der Waals surface area contributed by atoms with Gasteiger partial charge >= 0.3 is 0 Å². The molecule has 0 aliphatic rings. The van der Waals surface area contributed by atoms with Crippen LogP contribution in [0, 0.1) is 0 Å². The maximum Gasteiger partial charge on any atom is 0.239 e. The van der Waals surface area contributed by atoms with Crippen LogP contribution in [0.3, 0.4) is 0 Å². The zero-order valence-electron chi connectivity index (χ0n) is 15.2. The summed E-state index contributed by atoms with van der Waals surface area (Å²) < 4.78 is 32.8. The van der Waals surface area contributed by atoms with Crippen molar-refractivity contribution in [3.8, 4) is 11.5 Å². The molecule has 2 aromatic carbocycles. The average molecular weight is 393 g/mol. The van der Waals surface area contributed by atoms with Crippen LogP contribution in [-0.4, -0.2) is 41.6 Å². The van der Waals surface area contributed by atoms with Gasteiger partial charge in [0.1, 0.15) is 11.5 Å². The number of primary sulfonamides is 1. The van der Waals surface area contributed by atoms with Crippen molar-refractivity contribution in [2.24, 2.45) is 5.14 Å². The summed E-state index contributed by atoms with van der Waals surface area (Å²) in [5, 5.41) is 10.9. The lowest BCUT2D eigenvalue weighted by atomic mass is 10.1. The fourth-order valence-electron chi connectivity index (χ4n) is 2.38. The summed E-state index contributed by atoms with van der Waals surface area (Å²) in [6, 6.07) is 11.5. The van der Waals surface area contributed by atoms with E-state index in [1.807, 2.05) is 0 Å². The quantitative estimate of drug-likeness (QED) is 0.587. The van der Waals surface area contributed by atoms with Gasteiger partial charge < -0.3 is 20.1 Å². The lowest BCUT2D eigenvalue weighted by molar-refractivity contribution is -0.119. The normalized spacial score (nSPS) is 10.9. The first-order valence-corrected chi connectivity index (χ1v) is 9.72. The number of carbonyl (C=O) groups is 1. The summed E-state index contributed by atoms with van der Waals surface area (Å²) in [7, 11) is -0.582. The second kappa shape index (κ2) is 9.24. The van der Waals surface area contributed by atoms with E-state index in [9.17, 15) is 13.2 Å². The van der Waals surface area contributed by atoms with Gasteiger partial charge in [-0.2, -0.15) is 0 Å². The first-order chi connectivity index (χ1) is 12.8. The lowest BCUT2D eigenvalue weighted by Crippen LogP contribution is -2.31. The molecule has 0 spiro atoms. The van der Waals surface area contributed by atoms with E-state index in [-0.39, 0.29) is 17.3 Å². The van der Waals surface area contributed by atoms with Crippen molar-refractivity contribution in [3.05, 3.63) is 48.0 Å². The third-order valence-corrected chi connectivity index (χ3v) is 4.76. The minimum atomic E-state index is -3.70. The van der Waals surface area contributed by atoms with Gasteiger partial charge in [-0.05, 0) is 36.2 Å². The van der Waals surface area contributed by atoms with Gasteiger partial charge in [0, 0.05) is 12.6 Å². The van der Waals surface area contributed by atoms with E-state index in [0.29, 0.717) is 30.2 Å². The Morgan fingerprint density at radius 2 is 1.78 bits per heavy atom. The first kappa shape index (κ1) is 20.5. The van der Waals surface area contributed by atoms with Crippen molar-refractivity contribution in [3.63, 3.8) is 0 Å². The van der Waals surface area contributed by atoms with Crippen LogP contribution in [0.2, 0.25) is 0 Å². The molecule has 8 nitrogen and oxygen atoms in total. The summed E-state index contributed by atoms with van der Waals surface area (Å²) in [6.45, 7) is 0.498. The molecule has 2 rings (SSSR count). The number of amides is 1. The summed E-state index contributed by atoms with van der Waals surface area (Å²) in [4.78, 5) is 12.1. The highest BCUT2D eigenvalue weighted by Gasteiger charge is 2.08. The maximum atomic E-state index is 12.0. The van der Waals surface area contributed by atoms with Gasteiger partial charge in [-0.1, -0.05) is 12.1 Å². The molecule has 0 saturated heterocycles. The molecule has 0 unspecified atom stereocenters. The van der Waals surface area contributed by atoms with Gasteiger partial charge in [0.2, 0.25) is 15.9 Å². The Hall–Kier alpha value is -2.78. The van der Waals surface area contributed by atoms with E-state index in [0.717, 1.165) is 5.56 Å². The fourth-order valence-corrected chi connectivity index (χ4v) is 2.90. The standard InChI is InChI=1S/C18H23N3O5S/c1-25-14-5-8-17(26-2)16(11-14)21-12-18(22)20-10-9-13-3-6-15(7-4-13)27(19,23)24/h3-8,11,21H,9-10,12H2,1-2H3,(H,20,22)(H2,19,23,24). The number of nitrogens with two attached hydrogens (primary N) is 1. The molecule has 2 aromatic rings. The van der Waals surface area contributed by atoms with Gasteiger partial charge in [-0.15, -0.1) is 0 Å². The zero-order chi connectivity index (χ0) is 19.9. The molecule has 0 atom stereocenters. The Morgan fingerprint density at radius 1 is 1.07 bits per heavy atom. The minimum absolute atomic E-state index is 0.0618. The number of benzene rings is 2. The van der Waals surface area contributed by atoms with E-state index >= 15 is 0 Å². The van der Waals surface area contributed by atoms with Crippen LogP contribution >= 0.6 is 0 Å². The molecule has 0 aliphatic carbocycles. The van der Waals surface area contributed by atoms with Crippen molar-refractivity contribution >= 4 is 21.6 Å². The molecule has 0 radical (unpaired) electrons. The maximum absolute atomic E-state index is 12.0. The molecule has 0 saturated carbocycles. The van der Waals surface area contributed by atoms with E-state index in [1.54, 1.807) is 44.6 Å². The zero-order valence-corrected chi connectivity index (χ0v) is 16.0. The van der Waals surface area contributed by atoms with Crippen LogP contribution in [-0.2, 0) is 21.2 Å². The number of ether oxygens (including phenoxy) is 2. The second-order valence-electron chi connectivity index (χ2n) is 5.71. The number of nitrogens with one attached hydrogen (secondary N) is 2. The Morgan fingerprint density at radius 3 is 2.37 bits per heavy atom. The highest BCUT2D eigenvalue weighted by atomic mass is 32.2. The molecule has 1 amide bonds. The summed E-state index contributed by atoms with van der Waals surface area (Å²) in [5.74, 6) is 1.08. The number of methoxy groups -OCH3 is 2. The summed E-state index contributed by atoms with van der Waals surface area (Å²) in [6.07, 6.45) is 0.569. The molecule has 0 aromatic heterocycles. The molecule has 4 N–H and O–H groups in total. The van der Waals surface area contributed by atoms with Crippen molar-refractivity contribution in [2.75, 3.05) is 32.6 Å². The van der Waals surface area contributed by atoms with Gasteiger partial charge in [0.25, 0.3) is 0 Å². The Balaban J connectivity index is 1.81. The topological polar surface area (TPSA) is 120 Å². The first-order valence-electron chi connectivity index (χ1n) is 8.18. The Bertz CT molecular complexity index is 882. The van der Waals surface area contributed by atoms with Gasteiger partial charge in [0.05, 0.1) is 31.3 Å². The van der Waals surface area contributed by atoms with E-state index < -0.39 is 10.0 Å². The third kappa shape index (κ3) is 6.15. The predicted octanol–water partition coefficient (Wildman–Crippen LogP) is 1.12. The van der Waals surface area contributed by atoms with Crippen molar-refractivity contribution in [1.29, 1.82) is 0 Å². The minimum Gasteiger partial charge on any atom is -0.497 e. The van der Waals surface area contributed by atoms with Crippen LogP contribution in [0.1, 0.15) is 5.56 Å². The molecular weight excluding hydrogens is 370 g/mol. The third-order valence-electron chi connectivity index (χ3n) is 3.83. The largest absolute Gasteiger partial charge is 0.497 e. The molecule has 0 bridgehead atoms. The number of sulfonamides is 1. The molecule has 146 valence electrons. The van der Waals surface area contributed by atoms with Gasteiger partial charge in [-0.25, -0.2) is 13.6 Å². The molecule has 0 aliphatic heterocycles. The van der Waals surface area contributed by atoms with Crippen LogP contribution in [0.4, 0.5) is 5.69 Å². The van der Waals surface area contributed by atoms with Crippen LogP contribution in [0.25, 0.3) is 0 Å². The molecule has 0 fully saturated rings. The van der Waals surface area contributed by atoms with Crippen molar-refractivity contribution < 1.29 is 22.7 Å². The Labute approximate surface area is 158 Å². The van der Waals surface area contributed by atoms with Crippen LogP contribution < -0.4 is 25.2 Å². The predicted molar refractivity (Wildman–Crippen MR) is 103 cm³/mol. The average Bonchev–Trinajstić information content (AvgIpc) is 2.65.